The van der Waals surface area contributed by atoms with Gasteiger partial charge in [-0.2, -0.15) is 0 Å². The lowest BCUT2D eigenvalue weighted by atomic mass is 10.7. The SMILES string of the molecule is CSc1c[nH]c(=S)[nH]c1=O. The second-order valence-electron chi connectivity index (χ2n) is 1.64. The second kappa shape index (κ2) is 3.03. The highest BCUT2D eigenvalue weighted by Gasteiger charge is 1.93. The van der Waals surface area contributed by atoms with Crippen LogP contribution in [0, 0.1) is 4.77 Å². The van der Waals surface area contributed by atoms with Gasteiger partial charge in [0, 0.05) is 6.20 Å². The molecule has 0 saturated carbocycles. The fourth-order valence-corrected chi connectivity index (χ4v) is 1.11. The van der Waals surface area contributed by atoms with E-state index in [9.17, 15) is 4.79 Å². The van der Waals surface area contributed by atoms with E-state index < -0.39 is 0 Å². The van der Waals surface area contributed by atoms with Gasteiger partial charge in [0.25, 0.3) is 5.56 Å². The lowest BCUT2D eigenvalue weighted by molar-refractivity contribution is 1.02. The van der Waals surface area contributed by atoms with Crippen LogP contribution < -0.4 is 5.56 Å². The molecule has 0 amide bonds. The summed E-state index contributed by atoms with van der Waals surface area (Å²) in [5.41, 5.74) is -0.128. The lowest BCUT2D eigenvalue weighted by Crippen LogP contribution is -2.08. The van der Waals surface area contributed by atoms with Crippen molar-refractivity contribution in [2.75, 3.05) is 6.26 Å². The molecule has 0 radical (unpaired) electrons. The van der Waals surface area contributed by atoms with Crippen LogP contribution in [0.25, 0.3) is 0 Å². The summed E-state index contributed by atoms with van der Waals surface area (Å²) >= 11 is 6.07. The van der Waals surface area contributed by atoms with E-state index in [2.05, 4.69) is 22.2 Å². The minimum absolute atomic E-state index is 0.128. The van der Waals surface area contributed by atoms with Crippen LogP contribution in [0.5, 0.6) is 0 Å². The Morgan fingerprint density at radius 3 is 2.90 bits per heavy atom. The first kappa shape index (κ1) is 7.56. The van der Waals surface area contributed by atoms with Gasteiger partial charge in [-0.3, -0.25) is 9.78 Å². The molecule has 1 rings (SSSR count). The largest absolute Gasteiger partial charge is 0.338 e. The molecule has 0 aromatic carbocycles. The minimum Gasteiger partial charge on any atom is -0.338 e. The number of rotatable bonds is 1. The fraction of sp³-hybridized carbons (Fsp3) is 0.200. The topological polar surface area (TPSA) is 48.6 Å². The average Bonchev–Trinajstić information content (AvgIpc) is 1.88. The van der Waals surface area contributed by atoms with Crippen LogP contribution in [0.3, 0.4) is 0 Å². The van der Waals surface area contributed by atoms with Gasteiger partial charge < -0.3 is 4.98 Å². The summed E-state index contributed by atoms with van der Waals surface area (Å²) in [6.45, 7) is 0. The third kappa shape index (κ3) is 1.48. The summed E-state index contributed by atoms with van der Waals surface area (Å²) in [6, 6.07) is 0. The van der Waals surface area contributed by atoms with E-state index in [-0.39, 0.29) is 5.56 Å². The molecule has 1 aromatic rings. The molecule has 0 bridgehead atoms. The molecule has 0 fully saturated rings. The molecule has 0 aliphatic heterocycles. The summed E-state index contributed by atoms with van der Waals surface area (Å²) < 4.78 is 0.364. The number of aromatic amines is 2. The highest BCUT2D eigenvalue weighted by Crippen LogP contribution is 2.04. The molecule has 0 atom stereocenters. The van der Waals surface area contributed by atoms with Crippen LogP contribution in [-0.2, 0) is 0 Å². The number of H-pyrrole nitrogens is 2. The van der Waals surface area contributed by atoms with E-state index in [1.54, 1.807) is 6.20 Å². The van der Waals surface area contributed by atoms with E-state index in [1.807, 2.05) is 6.26 Å². The molecule has 2 N–H and O–H groups in total. The van der Waals surface area contributed by atoms with Crippen molar-refractivity contribution in [1.82, 2.24) is 9.97 Å². The lowest BCUT2D eigenvalue weighted by Gasteiger charge is -1.90. The summed E-state index contributed by atoms with van der Waals surface area (Å²) in [5.74, 6) is 0. The number of thioether (sulfide) groups is 1. The van der Waals surface area contributed by atoms with Crippen molar-refractivity contribution in [2.24, 2.45) is 0 Å². The van der Waals surface area contributed by atoms with Crippen LogP contribution in [0.2, 0.25) is 0 Å². The first-order valence-corrected chi connectivity index (χ1v) is 4.23. The molecule has 1 aromatic heterocycles. The monoisotopic (exact) mass is 174 g/mol. The second-order valence-corrected chi connectivity index (χ2v) is 2.90. The van der Waals surface area contributed by atoms with Gasteiger partial charge in [0.05, 0.1) is 4.90 Å². The zero-order chi connectivity index (χ0) is 7.56. The Labute approximate surface area is 66.9 Å². The van der Waals surface area contributed by atoms with Gasteiger partial charge in [0.2, 0.25) is 0 Å². The maximum Gasteiger partial charge on any atom is 0.265 e. The van der Waals surface area contributed by atoms with Crippen molar-refractivity contribution in [2.45, 2.75) is 4.90 Å². The highest BCUT2D eigenvalue weighted by molar-refractivity contribution is 7.98. The van der Waals surface area contributed by atoms with Gasteiger partial charge in [0.15, 0.2) is 4.77 Å². The van der Waals surface area contributed by atoms with Crippen molar-refractivity contribution >= 4 is 24.0 Å². The maximum atomic E-state index is 10.9. The summed E-state index contributed by atoms with van der Waals surface area (Å²) in [6.07, 6.45) is 3.44. The summed E-state index contributed by atoms with van der Waals surface area (Å²) in [7, 11) is 0. The Kier molecular flexibility index (Phi) is 2.29. The van der Waals surface area contributed by atoms with Crippen molar-refractivity contribution < 1.29 is 0 Å². The Morgan fingerprint density at radius 2 is 2.40 bits per heavy atom. The minimum atomic E-state index is -0.128. The fourth-order valence-electron chi connectivity index (χ4n) is 0.549. The molecule has 0 aliphatic rings. The number of aromatic nitrogens is 2. The van der Waals surface area contributed by atoms with Gasteiger partial charge in [0.1, 0.15) is 0 Å². The molecule has 1 heterocycles. The molecular formula is C5H6N2OS2. The van der Waals surface area contributed by atoms with Crippen LogP contribution in [-0.4, -0.2) is 16.2 Å². The van der Waals surface area contributed by atoms with Crippen molar-refractivity contribution in [3.63, 3.8) is 0 Å². The first-order chi connectivity index (χ1) is 4.74. The average molecular weight is 174 g/mol. The predicted octanol–water partition coefficient (Wildman–Crippen LogP) is 1.15. The van der Waals surface area contributed by atoms with Gasteiger partial charge in [-0.15, -0.1) is 11.8 Å². The molecule has 54 valence electrons. The smallest absolute Gasteiger partial charge is 0.265 e. The number of hydrogen-bond donors (Lipinski definition) is 2. The van der Waals surface area contributed by atoms with Gasteiger partial charge >= 0.3 is 0 Å². The third-order valence-electron chi connectivity index (χ3n) is 1.01. The molecule has 3 nitrogen and oxygen atoms in total. The third-order valence-corrected chi connectivity index (χ3v) is 1.97. The van der Waals surface area contributed by atoms with E-state index >= 15 is 0 Å². The van der Waals surface area contributed by atoms with Crippen LogP contribution in [0.1, 0.15) is 0 Å². The Morgan fingerprint density at radius 1 is 1.70 bits per heavy atom. The summed E-state index contributed by atoms with van der Waals surface area (Å²) in [5, 5.41) is 0. The van der Waals surface area contributed by atoms with E-state index in [4.69, 9.17) is 0 Å². The van der Waals surface area contributed by atoms with Gasteiger partial charge in [-0.25, -0.2) is 0 Å². The Bertz CT molecular complexity index is 327. The first-order valence-electron chi connectivity index (χ1n) is 2.60. The predicted molar refractivity (Wildman–Crippen MR) is 44.0 cm³/mol. The van der Waals surface area contributed by atoms with E-state index in [0.717, 1.165) is 0 Å². The van der Waals surface area contributed by atoms with Crippen LogP contribution in [0.4, 0.5) is 0 Å². The number of hydrogen-bond acceptors (Lipinski definition) is 3. The standard InChI is InChI=1S/C5H6N2OS2/c1-10-3-2-6-5(9)7-4(3)8/h2H,1H3,(H2,6,7,8,9). The van der Waals surface area contributed by atoms with E-state index in [1.165, 1.54) is 11.8 Å². The zero-order valence-electron chi connectivity index (χ0n) is 5.30. The highest BCUT2D eigenvalue weighted by atomic mass is 32.2. The normalized spacial score (nSPS) is 9.70. The molecule has 0 saturated heterocycles. The molecule has 0 aliphatic carbocycles. The van der Waals surface area contributed by atoms with Crippen molar-refractivity contribution in [1.29, 1.82) is 0 Å². The Balaban J connectivity index is 3.34. The molecule has 10 heavy (non-hydrogen) atoms. The molecule has 0 unspecified atom stereocenters. The zero-order valence-corrected chi connectivity index (χ0v) is 6.94. The maximum absolute atomic E-state index is 10.9. The Hall–Kier alpha value is -0.550. The van der Waals surface area contributed by atoms with E-state index in [0.29, 0.717) is 9.67 Å². The molecule has 0 spiro atoms. The summed E-state index contributed by atoms with van der Waals surface area (Å²) in [4.78, 5) is 16.8. The van der Waals surface area contributed by atoms with Gasteiger partial charge in [-0.05, 0) is 18.5 Å². The van der Waals surface area contributed by atoms with Crippen molar-refractivity contribution in [3.8, 4) is 0 Å². The van der Waals surface area contributed by atoms with Gasteiger partial charge in [-0.1, -0.05) is 0 Å². The molecule has 5 heteroatoms. The van der Waals surface area contributed by atoms with Crippen LogP contribution in [0.15, 0.2) is 15.9 Å². The number of nitrogens with one attached hydrogen (secondary N) is 2. The molecular weight excluding hydrogens is 168 g/mol. The quantitative estimate of drug-likeness (QED) is 0.496. The van der Waals surface area contributed by atoms with Crippen molar-refractivity contribution in [3.05, 3.63) is 21.3 Å². The van der Waals surface area contributed by atoms with Crippen LogP contribution >= 0.6 is 24.0 Å².